The lowest BCUT2D eigenvalue weighted by molar-refractivity contribution is -0.0104. The van der Waals surface area contributed by atoms with Gasteiger partial charge in [-0.3, -0.25) is 10.6 Å². The second-order valence-electron chi connectivity index (χ2n) is 6.57. The summed E-state index contributed by atoms with van der Waals surface area (Å²) in [6.07, 6.45) is -2.47. The van der Waals surface area contributed by atoms with Crippen molar-refractivity contribution in [2.45, 2.75) is 6.10 Å². The largest absolute Gasteiger partial charge is 0.451 e. The average molecular weight is 434 g/mol. The maximum Gasteiger partial charge on any atom is 0.411 e. The normalized spacial score (nSPS) is 10.2. The minimum absolute atomic E-state index is 0.310. The Bertz CT molecular complexity index is 955. The van der Waals surface area contributed by atoms with Gasteiger partial charge in [0.15, 0.2) is 6.10 Å². The number of carbonyl (C=O) groups excluding carboxylic acids is 3. The zero-order valence-corrected chi connectivity index (χ0v) is 17.1. The summed E-state index contributed by atoms with van der Waals surface area (Å²) in [6, 6.07) is 25.8. The van der Waals surface area contributed by atoms with Crippen LogP contribution in [0.4, 0.5) is 21.0 Å². The van der Waals surface area contributed by atoms with Crippen LogP contribution in [0.1, 0.15) is 10.4 Å². The number of esters is 1. The van der Waals surface area contributed by atoms with E-state index in [0.29, 0.717) is 16.9 Å². The van der Waals surface area contributed by atoms with E-state index in [-0.39, 0.29) is 13.2 Å². The molecule has 0 unspecified atom stereocenters. The smallest absolute Gasteiger partial charge is 0.411 e. The highest BCUT2D eigenvalue weighted by molar-refractivity contribution is 5.89. The molecule has 3 rings (SSSR count). The molecule has 0 saturated carbocycles. The van der Waals surface area contributed by atoms with Gasteiger partial charge < -0.3 is 14.2 Å². The van der Waals surface area contributed by atoms with Crippen LogP contribution in [0.15, 0.2) is 91.0 Å². The van der Waals surface area contributed by atoms with Crippen LogP contribution in [0.5, 0.6) is 0 Å². The van der Waals surface area contributed by atoms with Crippen LogP contribution in [-0.4, -0.2) is 37.5 Å². The van der Waals surface area contributed by atoms with Crippen molar-refractivity contribution in [2.75, 3.05) is 23.8 Å². The first-order chi connectivity index (χ1) is 15.6. The van der Waals surface area contributed by atoms with Crippen molar-refractivity contribution in [2.24, 2.45) is 0 Å². The molecule has 3 aromatic carbocycles. The summed E-state index contributed by atoms with van der Waals surface area (Å²) < 4.78 is 15.7. The number of nitrogens with one attached hydrogen (secondary N) is 2. The molecule has 8 nitrogen and oxygen atoms in total. The summed E-state index contributed by atoms with van der Waals surface area (Å²) in [6.45, 7) is -0.619. The Morgan fingerprint density at radius 1 is 0.625 bits per heavy atom. The van der Waals surface area contributed by atoms with Crippen LogP contribution in [0.25, 0.3) is 0 Å². The van der Waals surface area contributed by atoms with Gasteiger partial charge in [-0.1, -0.05) is 54.6 Å². The Kier molecular flexibility index (Phi) is 8.21. The molecule has 0 radical (unpaired) electrons. The highest BCUT2D eigenvalue weighted by Crippen LogP contribution is 2.09. The molecule has 164 valence electrons. The van der Waals surface area contributed by atoms with Crippen molar-refractivity contribution in [1.82, 2.24) is 0 Å². The topological polar surface area (TPSA) is 103 Å². The fourth-order valence-corrected chi connectivity index (χ4v) is 2.60. The minimum atomic E-state index is -1.01. The Hall–Kier alpha value is -4.33. The van der Waals surface area contributed by atoms with E-state index in [1.165, 1.54) is 0 Å². The summed E-state index contributed by atoms with van der Waals surface area (Å²) in [7, 11) is 0. The summed E-state index contributed by atoms with van der Waals surface area (Å²) in [4.78, 5) is 36.5. The maximum absolute atomic E-state index is 12.4. The predicted molar refractivity (Wildman–Crippen MR) is 118 cm³/mol. The van der Waals surface area contributed by atoms with Gasteiger partial charge in [0.2, 0.25) is 0 Å². The molecule has 0 heterocycles. The molecule has 8 heteroatoms. The highest BCUT2D eigenvalue weighted by Gasteiger charge is 2.20. The third kappa shape index (κ3) is 7.49. The molecule has 0 bridgehead atoms. The van der Waals surface area contributed by atoms with E-state index in [4.69, 9.17) is 14.2 Å². The lowest BCUT2D eigenvalue weighted by atomic mass is 10.2. The Balaban J connectivity index is 1.56. The Morgan fingerprint density at radius 2 is 1.03 bits per heavy atom. The van der Waals surface area contributed by atoms with E-state index in [9.17, 15) is 14.4 Å². The van der Waals surface area contributed by atoms with Gasteiger partial charge in [-0.05, 0) is 36.4 Å². The van der Waals surface area contributed by atoms with Crippen LogP contribution in [0.3, 0.4) is 0 Å². The highest BCUT2D eigenvalue weighted by atomic mass is 16.6. The van der Waals surface area contributed by atoms with Crippen LogP contribution in [0, 0.1) is 0 Å². The standard InChI is InChI=1S/C24H22N2O6/c27-22(18-10-4-1-5-11-18)32-21(16-30-23(28)25-19-12-6-2-7-13-19)17-31-24(29)26-20-14-8-3-9-15-20/h1-15,21H,16-17H2,(H,25,28)(H,26,29). The predicted octanol–water partition coefficient (Wildman–Crippen LogP) is 4.71. The second kappa shape index (κ2) is 11.8. The van der Waals surface area contributed by atoms with Gasteiger partial charge in [0.1, 0.15) is 13.2 Å². The summed E-state index contributed by atoms with van der Waals surface area (Å²) in [5.74, 6) is -0.630. The van der Waals surface area contributed by atoms with Crippen molar-refractivity contribution in [3.63, 3.8) is 0 Å². The van der Waals surface area contributed by atoms with Crippen LogP contribution >= 0.6 is 0 Å². The van der Waals surface area contributed by atoms with Gasteiger partial charge in [0, 0.05) is 11.4 Å². The zero-order chi connectivity index (χ0) is 22.6. The minimum Gasteiger partial charge on any atom is -0.451 e. The number of hydrogen-bond acceptors (Lipinski definition) is 6. The molecule has 2 amide bonds. The Morgan fingerprint density at radius 3 is 1.47 bits per heavy atom. The molecular formula is C24H22N2O6. The van der Waals surface area contributed by atoms with Crippen LogP contribution in [0.2, 0.25) is 0 Å². The Labute approximate surface area is 185 Å². The van der Waals surface area contributed by atoms with Crippen molar-refractivity contribution >= 4 is 29.5 Å². The van der Waals surface area contributed by atoms with E-state index in [0.717, 1.165) is 0 Å². The summed E-state index contributed by atoms with van der Waals surface area (Å²) >= 11 is 0. The number of benzene rings is 3. The first-order valence-corrected chi connectivity index (χ1v) is 9.84. The van der Waals surface area contributed by atoms with Crippen molar-refractivity contribution in [3.8, 4) is 0 Å². The summed E-state index contributed by atoms with van der Waals surface area (Å²) in [5, 5.41) is 5.12. The van der Waals surface area contributed by atoms with E-state index in [2.05, 4.69) is 10.6 Å². The number of amides is 2. The first-order valence-electron chi connectivity index (χ1n) is 9.84. The van der Waals surface area contributed by atoms with Gasteiger partial charge in [-0.25, -0.2) is 14.4 Å². The lowest BCUT2D eigenvalue weighted by Gasteiger charge is -2.18. The SMILES string of the molecule is O=C(Nc1ccccc1)OCC(COC(=O)Nc1ccccc1)OC(=O)c1ccccc1. The average Bonchev–Trinajstić information content (AvgIpc) is 2.82. The van der Waals surface area contributed by atoms with Gasteiger partial charge in [0.25, 0.3) is 0 Å². The molecule has 0 fully saturated rings. The molecule has 0 aliphatic heterocycles. The molecule has 3 aromatic rings. The van der Waals surface area contributed by atoms with Gasteiger partial charge >= 0.3 is 18.2 Å². The monoisotopic (exact) mass is 434 g/mol. The molecule has 32 heavy (non-hydrogen) atoms. The first kappa shape index (κ1) is 22.4. The third-order valence-corrected chi connectivity index (χ3v) is 4.12. The van der Waals surface area contributed by atoms with Crippen molar-refractivity contribution in [1.29, 1.82) is 0 Å². The van der Waals surface area contributed by atoms with Crippen LogP contribution < -0.4 is 10.6 Å². The van der Waals surface area contributed by atoms with E-state index < -0.39 is 24.3 Å². The van der Waals surface area contributed by atoms with Crippen LogP contribution in [-0.2, 0) is 14.2 Å². The number of hydrogen-bond donors (Lipinski definition) is 2. The quantitative estimate of drug-likeness (QED) is 0.393. The number of anilines is 2. The summed E-state index contributed by atoms with van der Waals surface area (Å²) in [5.41, 5.74) is 1.42. The number of rotatable bonds is 8. The lowest BCUT2D eigenvalue weighted by Crippen LogP contribution is -2.32. The molecule has 0 aliphatic rings. The third-order valence-electron chi connectivity index (χ3n) is 4.12. The second-order valence-corrected chi connectivity index (χ2v) is 6.57. The van der Waals surface area contributed by atoms with E-state index in [1.54, 1.807) is 78.9 Å². The van der Waals surface area contributed by atoms with Crippen molar-refractivity contribution < 1.29 is 28.6 Å². The maximum atomic E-state index is 12.4. The molecule has 0 aliphatic carbocycles. The molecule has 2 N–H and O–H groups in total. The molecule has 0 aromatic heterocycles. The molecule has 0 saturated heterocycles. The van der Waals surface area contributed by atoms with Gasteiger partial charge in [-0.2, -0.15) is 0 Å². The van der Waals surface area contributed by atoms with Gasteiger partial charge in [0.05, 0.1) is 5.56 Å². The fourth-order valence-electron chi connectivity index (χ4n) is 2.60. The fraction of sp³-hybridized carbons (Fsp3) is 0.125. The number of carbonyl (C=O) groups is 3. The number of ether oxygens (including phenoxy) is 3. The van der Waals surface area contributed by atoms with Gasteiger partial charge in [-0.15, -0.1) is 0 Å². The van der Waals surface area contributed by atoms with Crippen molar-refractivity contribution in [3.05, 3.63) is 96.6 Å². The molecule has 0 spiro atoms. The zero-order valence-electron chi connectivity index (χ0n) is 17.1. The molecular weight excluding hydrogens is 412 g/mol. The van der Waals surface area contributed by atoms with E-state index >= 15 is 0 Å². The molecule has 0 atom stereocenters. The van der Waals surface area contributed by atoms with E-state index in [1.807, 2.05) is 12.1 Å². The number of para-hydroxylation sites is 2.